The third kappa shape index (κ3) is 4.99. The number of anilines is 1. The Labute approximate surface area is 164 Å². The van der Waals surface area contributed by atoms with Gasteiger partial charge in [0.05, 0.1) is 17.5 Å². The summed E-state index contributed by atoms with van der Waals surface area (Å²) in [5.41, 5.74) is 2.47. The maximum absolute atomic E-state index is 10.7. The summed E-state index contributed by atoms with van der Waals surface area (Å²) in [6.07, 6.45) is 5.19. The van der Waals surface area contributed by atoms with E-state index in [4.69, 9.17) is 0 Å². The quantitative estimate of drug-likeness (QED) is 0.328. The smallest absolute Gasteiger partial charge is 0.306 e. The van der Waals surface area contributed by atoms with Crippen LogP contribution in [0.5, 0.6) is 0 Å². The number of guanidine groups is 1. The molecule has 1 aliphatic rings. The van der Waals surface area contributed by atoms with Crippen molar-refractivity contribution in [2.45, 2.75) is 32.4 Å². The summed E-state index contributed by atoms with van der Waals surface area (Å²) in [5, 5.41) is 21.3. The number of aromatic nitrogens is 2. The van der Waals surface area contributed by atoms with E-state index in [-0.39, 0.29) is 11.7 Å². The molecule has 0 spiro atoms. The molecule has 2 aromatic rings. The predicted octanol–water partition coefficient (Wildman–Crippen LogP) is 2.32. The fraction of sp³-hybridized carbons (Fsp3) is 0.474. The van der Waals surface area contributed by atoms with Crippen LogP contribution >= 0.6 is 0 Å². The van der Waals surface area contributed by atoms with Crippen LogP contribution in [0, 0.1) is 10.1 Å². The molecule has 0 bridgehead atoms. The second kappa shape index (κ2) is 9.20. The maximum atomic E-state index is 10.7. The van der Waals surface area contributed by atoms with Crippen molar-refractivity contribution in [3.63, 3.8) is 0 Å². The zero-order valence-corrected chi connectivity index (χ0v) is 16.3. The van der Waals surface area contributed by atoms with E-state index < -0.39 is 4.92 Å². The highest BCUT2D eigenvalue weighted by atomic mass is 16.6. The van der Waals surface area contributed by atoms with E-state index in [9.17, 15) is 10.1 Å². The van der Waals surface area contributed by atoms with E-state index in [1.165, 1.54) is 36.5 Å². The molecule has 2 N–H and O–H groups in total. The Morgan fingerprint density at radius 1 is 1.39 bits per heavy atom. The van der Waals surface area contributed by atoms with Crippen LogP contribution in [0.2, 0.25) is 0 Å². The molecule has 1 atom stereocenters. The van der Waals surface area contributed by atoms with Gasteiger partial charge in [-0.1, -0.05) is 12.1 Å². The van der Waals surface area contributed by atoms with Crippen molar-refractivity contribution in [2.75, 3.05) is 31.6 Å². The molecule has 0 amide bonds. The van der Waals surface area contributed by atoms with E-state index in [0.29, 0.717) is 19.0 Å². The van der Waals surface area contributed by atoms with Crippen molar-refractivity contribution in [3.05, 3.63) is 52.3 Å². The highest BCUT2D eigenvalue weighted by molar-refractivity contribution is 5.80. The van der Waals surface area contributed by atoms with Gasteiger partial charge < -0.3 is 15.5 Å². The van der Waals surface area contributed by atoms with Gasteiger partial charge in [-0.05, 0) is 37.5 Å². The first kappa shape index (κ1) is 19.7. The molecule has 2 heterocycles. The van der Waals surface area contributed by atoms with Gasteiger partial charge in [-0.15, -0.1) is 0 Å². The molecule has 3 rings (SSSR count). The number of benzene rings is 1. The highest BCUT2D eigenvalue weighted by Gasteiger charge is 2.14. The summed E-state index contributed by atoms with van der Waals surface area (Å²) in [4.78, 5) is 16.9. The number of nitrogens with one attached hydrogen (secondary N) is 2. The molecule has 1 fully saturated rings. The molecule has 0 saturated carbocycles. The number of nitro groups is 1. The summed E-state index contributed by atoms with van der Waals surface area (Å²) in [7, 11) is 1.72. The molecule has 1 aliphatic heterocycles. The summed E-state index contributed by atoms with van der Waals surface area (Å²) in [6.45, 7) is 5.42. The molecule has 0 radical (unpaired) electrons. The molecule has 1 saturated heterocycles. The monoisotopic (exact) mass is 385 g/mol. The fourth-order valence-corrected chi connectivity index (χ4v) is 3.31. The van der Waals surface area contributed by atoms with E-state index in [0.717, 1.165) is 13.1 Å². The van der Waals surface area contributed by atoms with Crippen LogP contribution in [0.1, 0.15) is 31.4 Å². The first-order valence-electron chi connectivity index (χ1n) is 9.56. The highest BCUT2D eigenvalue weighted by Crippen LogP contribution is 2.23. The summed E-state index contributed by atoms with van der Waals surface area (Å²) >= 11 is 0. The minimum absolute atomic E-state index is 0.00554. The van der Waals surface area contributed by atoms with Gasteiger partial charge in [-0.3, -0.25) is 19.8 Å². The third-order valence-corrected chi connectivity index (χ3v) is 4.88. The topological polar surface area (TPSA) is 101 Å². The maximum Gasteiger partial charge on any atom is 0.306 e. The molecule has 1 aromatic heterocycles. The van der Waals surface area contributed by atoms with Crippen molar-refractivity contribution in [1.82, 2.24) is 20.4 Å². The fourth-order valence-electron chi connectivity index (χ4n) is 3.31. The van der Waals surface area contributed by atoms with Gasteiger partial charge in [0.15, 0.2) is 5.96 Å². The van der Waals surface area contributed by atoms with Gasteiger partial charge in [-0.25, -0.2) is 0 Å². The lowest BCUT2D eigenvalue weighted by molar-refractivity contribution is -0.385. The van der Waals surface area contributed by atoms with Crippen LogP contribution in [0.15, 0.2) is 41.7 Å². The molecular formula is C19H27N7O2. The van der Waals surface area contributed by atoms with E-state index in [1.807, 2.05) is 0 Å². The molecule has 9 nitrogen and oxygen atoms in total. The average molecular weight is 385 g/mol. The van der Waals surface area contributed by atoms with Crippen molar-refractivity contribution in [2.24, 2.45) is 4.99 Å². The van der Waals surface area contributed by atoms with Crippen molar-refractivity contribution >= 4 is 17.3 Å². The minimum Gasteiger partial charge on any atom is -0.372 e. The number of hydrogen-bond donors (Lipinski definition) is 2. The molecular weight excluding hydrogens is 358 g/mol. The largest absolute Gasteiger partial charge is 0.372 e. The van der Waals surface area contributed by atoms with E-state index >= 15 is 0 Å². The van der Waals surface area contributed by atoms with Gasteiger partial charge >= 0.3 is 5.69 Å². The van der Waals surface area contributed by atoms with E-state index in [1.54, 1.807) is 11.7 Å². The Bertz CT molecular complexity index is 827. The van der Waals surface area contributed by atoms with Crippen LogP contribution in [-0.4, -0.2) is 47.3 Å². The zero-order chi connectivity index (χ0) is 19.9. The lowest BCUT2D eigenvalue weighted by Crippen LogP contribution is -2.40. The second-order valence-electron chi connectivity index (χ2n) is 6.87. The predicted molar refractivity (Wildman–Crippen MR) is 110 cm³/mol. The Kier molecular flexibility index (Phi) is 6.46. The number of rotatable bonds is 7. The van der Waals surface area contributed by atoms with Crippen molar-refractivity contribution < 1.29 is 4.92 Å². The average Bonchev–Trinajstić information content (AvgIpc) is 3.39. The Hall–Kier alpha value is -3.10. The zero-order valence-electron chi connectivity index (χ0n) is 16.3. The Morgan fingerprint density at radius 2 is 2.18 bits per heavy atom. The molecule has 28 heavy (non-hydrogen) atoms. The number of hydrogen-bond acceptors (Lipinski definition) is 5. The first-order valence-corrected chi connectivity index (χ1v) is 9.56. The molecule has 0 aliphatic carbocycles. The normalized spacial score (nSPS) is 15.5. The number of nitrogens with zero attached hydrogens (tertiary/aromatic N) is 5. The standard InChI is InChI=1S/C19H27N7O2/c1-15(16-6-5-7-17(12-16)24-9-3-4-10-24)23-19(20-2)21-8-11-25-14-18(13-22-25)26(27)28/h5-7,12-15H,3-4,8-11H2,1-2H3,(H2,20,21,23). The summed E-state index contributed by atoms with van der Waals surface area (Å²) in [6, 6.07) is 8.71. The van der Waals surface area contributed by atoms with Gasteiger partial charge in [0.1, 0.15) is 12.4 Å². The first-order chi connectivity index (χ1) is 13.6. The van der Waals surface area contributed by atoms with Crippen LogP contribution in [-0.2, 0) is 6.54 Å². The summed E-state index contributed by atoms with van der Waals surface area (Å²) < 4.78 is 1.54. The molecule has 1 aromatic carbocycles. The Morgan fingerprint density at radius 3 is 2.86 bits per heavy atom. The van der Waals surface area contributed by atoms with Gasteiger partial charge in [0.25, 0.3) is 0 Å². The van der Waals surface area contributed by atoms with Gasteiger partial charge in [-0.2, -0.15) is 5.10 Å². The van der Waals surface area contributed by atoms with Crippen molar-refractivity contribution in [1.29, 1.82) is 0 Å². The van der Waals surface area contributed by atoms with Crippen LogP contribution in [0.25, 0.3) is 0 Å². The second-order valence-corrected chi connectivity index (χ2v) is 6.87. The lowest BCUT2D eigenvalue weighted by atomic mass is 10.1. The molecule has 9 heteroatoms. The molecule has 150 valence electrons. The van der Waals surface area contributed by atoms with Gasteiger partial charge in [0.2, 0.25) is 0 Å². The van der Waals surface area contributed by atoms with E-state index in [2.05, 4.69) is 56.8 Å². The van der Waals surface area contributed by atoms with Crippen molar-refractivity contribution in [3.8, 4) is 0 Å². The number of aliphatic imine (C=N–C) groups is 1. The Balaban J connectivity index is 1.52. The van der Waals surface area contributed by atoms with Crippen LogP contribution in [0.4, 0.5) is 11.4 Å². The van der Waals surface area contributed by atoms with Gasteiger partial charge in [0, 0.05) is 32.4 Å². The van der Waals surface area contributed by atoms with Crippen LogP contribution < -0.4 is 15.5 Å². The molecule has 1 unspecified atom stereocenters. The SMILES string of the molecule is CN=C(NCCn1cc([N+](=O)[O-])cn1)NC(C)c1cccc(N2CCCC2)c1. The minimum atomic E-state index is -0.449. The summed E-state index contributed by atoms with van der Waals surface area (Å²) in [5.74, 6) is 0.681. The lowest BCUT2D eigenvalue weighted by Gasteiger charge is -2.22. The third-order valence-electron chi connectivity index (χ3n) is 4.88. The van der Waals surface area contributed by atoms with Crippen LogP contribution in [0.3, 0.4) is 0 Å².